The molecule has 5 nitrogen and oxygen atoms in total. The van der Waals surface area contributed by atoms with E-state index in [1.807, 2.05) is 0 Å². The molecule has 6 heteroatoms. The van der Waals surface area contributed by atoms with Crippen LogP contribution < -0.4 is 11.5 Å². The van der Waals surface area contributed by atoms with E-state index in [1.165, 1.54) is 19.3 Å². The van der Waals surface area contributed by atoms with Crippen LogP contribution in [0.2, 0.25) is 6.04 Å². The van der Waals surface area contributed by atoms with Gasteiger partial charge in [0.2, 0.25) is 0 Å². The molecule has 0 bridgehead atoms. The zero-order valence-electron chi connectivity index (χ0n) is 11.7. The second-order valence-corrected chi connectivity index (χ2v) is 7.88. The fraction of sp³-hybridized carbons (Fsp3) is 1.00. The Bertz CT molecular complexity index is 221. The summed E-state index contributed by atoms with van der Waals surface area (Å²) in [6.07, 6.45) is 6.68. The summed E-state index contributed by atoms with van der Waals surface area (Å²) in [6.45, 7) is 0.615. The molecular weight excluding hydrogens is 248 g/mol. The van der Waals surface area contributed by atoms with Crippen molar-refractivity contribution in [1.29, 1.82) is 0 Å². The number of hydrogen-bond acceptors (Lipinski definition) is 5. The summed E-state index contributed by atoms with van der Waals surface area (Å²) in [7, 11) is 0.661. The smallest absolute Gasteiger partial charge is 0.377 e. The number of nitrogens with two attached hydrogens (primary N) is 2. The molecule has 1 unspecified atom stereocenters. The summed E-state index contributed by atoms with van der Waals surface area (Å²) in [5.74, 6) is 0.439. The summed E-state index contributed by atoms with van der Waals surface area (Å²) < 4.78 is 17.0. The Morgan fingerprint density at radius 2 is 1.78 bits per heavy atom. The highest BCUT2D eigenvalue weighted by molar-refractivity contribution is 6.60. The van der Waals surface area contributed by atoms with E-state index < -0.39 is 8.80 Å². The third kappa shape index (κ3) is 4.60. The SMILES string of the molecule is CO[Si](CCCN)(OC)OC(N)C1CCCCC1. The molecule has 4 N–H and O–H groups in total. The van der Waals surface area contributed by atoms with E-state index in [0.717, 1.165) is 25.3 Å². The van der Waals surface area contributed by atoms with Gasteiger partial charge in [-0.05, 0) is 31.7 Å². The van der Waals surface area contributed by atoms with Gasteiger partial charge in [0, 0.05) is 20.3 Å². The minimum Gasteiger partial charge on any atom is -0.377 e. The first kappa shape index (κ1) is 16.1. The van der Waals surface area contributed by atoms with Crippen LogP contribution in [-0.4, -0.2) is 35.8 Å². The molecule has 0 saturated heterocycles. The molecule has 1 atom stereocenters. The van der Waals surface area contributed by atoms with Crippen LogP contribution in [0.15, 0.2) is 0 Å². The Morgan fingerprint density at radius 3 is 2.28 bits per heavy atom. The molecule has 1 aliphatic rings. The van der Waals surface area contributed by atoms with Crippen LogP contribution in [0.25, 0.3) is 0 Å². The summed E-state index contributed by atoms with van der Waals surface area (Å²) in [6, 6.07) is 0.733. The van der Waals surface area contributed by atoms with E-state index in [1.54, 1.807) is 14.2 Å². The van der Waals surface area contributed by atoms with Gasteiger partial charge in [0.15, 0.2) is 0 Å². The van der Waals surface area contributed by atoms with Crippen LogP contribution in [0.5, 0.6) is 0 Å². The summed E-state index contributed by atoms with van der Waals surface area (Å²) in [4.78, 5) is 0. The largest absolute Gasteiger partial charge is 0.501 e. The molecular formula is C12H28N2O3Si. The van der Waals surface area contributed by atoms with E-state index in [4.69, 9.17) is 24.7 Å². The van der Waals surface area contributed by atoms with Gasteiger partial charge in [0.1, 0.15) is 6.23 Å². The molecule has 1 saturated carbocycles. The van der Waals surface area contributed by atoms with Gasteiger partial charge in [0.25, 0.3) is 0 Å². The van der Waals surface area contributed by atoms with Crippen molar-refractivity contribution in [2.45, 2.75) is 50.8 Å². The summed E-state index contributed by atoms with van der Waals surface area (Å²) >= 11 is 0. The van der Waals surface area contributed by atoms with Gasteiger partial charge in [-0.3, -0.25) is 0 Å². The first-order valence-electron chi connectivity index (χ1n) is 6.91. The van der Waals surface area contributed by atoms with Crippen molar-refractivity contribution in [1.82, 2.24) is 0 Å². The molecule has 1 aliphatic carbocycles. The highest BCUT2D eigenvalue weighted by atomic mass is 28.4. The normalized spacial score (nSPS) is 20.0. The van der Waals surface area contributed by atoms with Crippen molar-refractivity contribution in [3.05, 3.63) is 0 Å². The Labute approximate surface area is 112 Å². The number of hydrogen-bond donors (Lipinski definition) is 2. The lowest BCUT2D eigenvalue weighted by atomic mass is 9.88. The third-order valence-corrected chi connectivity index (χ3v) is 6.58. The second kappa shape index (κ2) is 8.24. The maximum Gasteiger partial charge on any atom is 0.501 e. The van der Waals surface area contributed by atoms with Gasteiger partial charge in [-0.2, -0.15) is 0 Å². The highest BCUT2D eigenvalue weighted by Crippen LogP contribution is 2.28. The van der Waals surface area contributed by atoms with Crippen molar-refractivity contribution in [3.8, 4) is 0 Å². The van der Waals surface area contributed by atoms with Crippen molar-refractivity contribution < 1.29 is 13.3 Å². The van der Waals surface area contributed by atoms with E-state index in [0.29, 0.717) is 12.5 Å². The van der Waals surface area contributed by atoms with Gasteiger partial charge in [-0.15, -0.1) is 0 Å². The van der Waals surface area contributed by atoms with Gasteiger partial charge in [-0.25, -0.2) is 0 Å². The van der Waals surface area contributed by atoms with Crippen molar-refractivity contribution in [2.24, 2.45) is 17.4 Å². The Morgan fingerprint density at radius 1 is 1.17 bits per heavy atom. The average Bonchev–Trinajstić information content (AvgIpc) is 2.44. The Kier molecular flexibility index (Phi) is 7.36. The monoisotopic (exact) mass is 276 g/mol. The van der Waals surface area contributed by atoms with Gasteiger partial charge in [0.05, 0.1) is 0 Å². The van der Waals surface area contributed by atoms with E-state index in [-0.39, 0.29) is 6.23 Å². The van der Waals surface area contributed by atoms with Crippen LogP contribution in [0.3, 0.4) is 0 Å². The predicted octanol–water partition coefficient (Wildman–Crippen LogP) is 1.45. The van der Waals surface area contributed by atoms with Crippen LogP contribution in [0.4, 0.5) is 0 Å². The van der Waals surface area contributed by atoms with Gasteiger partial charge in [-0.1, -0.05) is 19.3 Å². The summed E-state index contributed by atoms with van der Waals surface area (Å²) in [5, 5.41) is 0. The molecule has 1 fully saturated rings. The molecule has 0 radical (unpaired) electrons. The zero-order chi connectivity index (χ0) is 13.4. The fourth-order valence-electron chi connectivity index (χ4n) is 2.53. The second-order valence-electron chi connectivity index (χ2n) is 4.96. The lowest BCUT2D eigenvalue weighted by Gasteiger charge is -2.34. The molecule has 0 aliphatic heterocycles. The van der Waals surface area contributed by atoms with Crippen LogP contribution in [-0.2, 0) is 13.3 Å². The van der Waals surface area contributed by atoms with Crippen molar-refractivity contribution in [3.63, 3.8) is 0 Å². The van der Waals surface area contributed by atoms with Crippen LogP contribution in [0, 0.1) is 5.92 Å². The van der Waals surface area contributed by atoms with E-state index in [2.05, 4.69) is 0 Å². The standard InChI is InChI=1S/C12H28N2O3Si/c1-15-18(16-2,10-6-9-13)17-12(14)11-7-4-3-5-8-11/h11-12H,3-10,13-14H2,1-2H3. The molecule has 0 amide bonds. The maximum absolute atomic E-state index is 6.18. The fourth-order valence-corrected chi connectivity index (χ4v) is 4.66. The average molecular weight is 276 g/mol. The third-order valence-electron chi connectivity index (χ3n) is 3.74. The first-order valence-corrected chi connectivity index (χ1v) is 8.84. The minimum atomic E-state index is -2.62. The zero-order valence-corrected chi connectivity index (χ0v) is 12.7. The van der Waals surface area contributed by atoms with Gasteiger partial charge < -0.3 is 24.7 Å². The van der Waals surface area contributed by atoms with E-state index in [9.17, 15) is 0 Å². The lowest BCUT2D eigenvalue weighted by molar-refractivity contribution is 0.0199. The van der Waals surface area contributed by atoms with Crippen molar-refractivity contribution >= 4 is 8.80 Å². The first-order chi connectivity index (χ1) is 8.67. The van der Waals surface area contributed by atoms with Gasteiger partial charge >= 0.3 is 8.80 Å². The number of rotatable bonds is 8. The Balaban J connectivity index is 2.52. The molecule has 1 rings (SSSR count). The van der Waals surface area contributed by atoms with Crippen LogP contribution >= 0.6 is 0 Å². The highest BCUT2D eigenvalue weighted by Gasteiger charge is 2.41. The summed E-state index contributed by atoms with van der Waals surface area (Å²) in [5.41, 5.74) is 11.7. The molecule has 0 aromatic rings. The lowest BCUT2D eigenvalue weighted by Crippen LogP contribution is -2.51. The molecule has 0 spiro atoms. The van der Waals surface area contributed by atoms with E-state index >= 15 is 0 Å². The minimum absolute atomic E-state index is 0.269. The molecule has 108 valence electrons. The molecule has 0 aromatic heterocycles. The molecule has 18 heavy (non-hydrogen) atoms. The maximum atomic E-state index is 6.18. The quantitative estimate of drug-likeness (QED) is 0.518. The Hall–Kier alpha value is 0.0169. The van der Waals surface area contributed by atoms with Crippen molar-refractivity contribution in [2.75, 3.05) is 20.8 Å². The topological polar surface area (TPSA) is 79.7 Å². The predicted molar refractivity (Wildman–Crippen MR) is 73.9 cm³/mol. The molecule has 0 aromatic carbocycles. The molecule has 0 heterocycles. The van der Waals surface area contributed by atoms with Crippen LogP contribution in [0.1, 0.15) is 38.5 Å².